The van der Waals surface area contributed by atoms with Crippen LogP contribution in [-0.2, 0) is 5.41 Å². The standard InChI is InChI=1S/C49H32/c1-49(2)44-28-36-26-33(19-20-34(36)27-43(44)47-40-15-5-3-13-38(40)39-14-4-6-16-42(39)48(47)49)32-11-8-12-35(25-32)37-23-21-31-18-17-29-9-7-10-30-22-24-41(37)46(31)45(29)30/h3-28H,1-2H3. The van der Waals surface area contributed by atoms with Crippen molar-refractivity contribution in [1.82, 2.24) is 0 Å². The van der Waals surface area contributed by atoms with Crippen LogP contribution in [0.15, 0.2) is 158 Å². The molecule has 0 aromatic heterocycles. The third kappa shape index (κ3) is 3.64. The van der Waals surface area contributed by atoms with E-state index in [0.29, 0.717) is 0 Å². The summed E-state index contributed by atoms with van der Waals surface area (Å²) in [4.78, 5) is 0. The minimum atomic E-state index is -0.118. The first-order valence-corrected chi connectivity index (χ1v) is 17.3. The second kappa shape index (κ2) is 9.56. The molecule has 1 aliphatic rings. The van der Waals surface area contributed by atoms with Gasteiger partial charge in [0.05, 0.1) is 0 Å². The first-order valence-electron chi connectivity index (χ1n) is 17.3. The molecule has 0 bridgehead atoms. The maximum absolute atomic E-state index is 2.47. The van der Waals surface area contributed by atoms with Gasteiger partial charge < -0.3 is 0 Å². The van der Waals surface area contributed by atoms with Gasteiger partial charge in [-0.15, -0.1) is 0 Å². The predicted molar refractivity (Wildman–Crippen MR) is 211 cm³/mol. The summed E-state index contributed by atoms with van der Waals surface area (Å²) < 4.78 is 0. The van der Waals surface area contributed by atoms with E-state index in [1.807, 2.05) is 0 Å². The average Bonchev–Trinajstić information content (AvgIpc) is 3.38. The van der Waals surface area contributed by atoms with E-state index in [9.17, 15) is 0 Å². The van der Waals surface area contributed by atoms with Gasteiger partial charge in [-0.05, 0) is 133 Å². The molecule has 1 aliphatic carbocycles. The Bertz CT molecular complexity index is 2990. The first kappa shape index (κ1) is 27.0. The molecule has 0 aliphatic heterocycles. The average molecular weight is 621 g/mol. The highest BCUT2D eigenvalue weighted by molar-refractivity contribution is 6.25. The Balaban J connectivity index is 1.07. The highest BCUT2D eigenvalue weighted by atomic mass is 14.4. The van der Waals surface area contributed by atoms with Crippen molar-refractivity contribution in [3.05, 3.63) is 169 Å². The van der Waals surface area contributed by atoms with Crippen LogP contribution in [0.1, 0.15) is 25.0 Å². The van der Waals surface area contributed by atoms with Crippen LogP contribution >= 0.6 is 0 Å². The molecule has 0 heteroatoms. The molecule has 0 amide bonds. The number of hydrogen-bond acceptors (Lipinski definition) is 0. The summed E-state index contributed by atoms with van der Waals surface area (Å²) in [6.07, 6.45) is 0. The van der Waals surface area contributed by atoms with Gasteiger partial charge in [0, 0.05) is 5.41 Å². The molecule has 0 saturated heterocycles. The summed E-state index contributed by atoms with van der Waals surface area (Å²) in [6, 6.07) is 59.3. The second-order valence-electron chi connectivity index (χ2n) is 14.5. The van der Waals surface area contributed by atoms with E-state index in [-0.39, 0.29) is 5.41 Å². The van der Waals surface area contributed by atoms with Crippen LogP contribution in [0.5, 0.6) is 0 Å². The van der Waals surface area contributed by atoms with Crippen LogP contribution in [0, 0.1) is 0 Å². The lowest BCUT2D eigenvalue weighted by Crippen LogP contribution is -2.15. The molecule has 228 valence electrons. The summed E-state index contributed by atoms with van der Waals surface area (Å²) >= 11 is 0. The molecule has 0 unspecified atom stereocenters. The number of rotatable bonds is 2. The summed E-state index contributed by atoms with van der Waals surface area (Å²) in [5.74, 6) is 0. The smallest absolute Gasteiger partial charge is 0.0165 e. The van der Waals surface area contributed by atoms with Crippen LogP contribution in [0.3, 0.4) is 0 Å². The number of benzene rings is 10. The summed E-state index contributed by atoms with van der Waals surface area (Å²) in [7, 11) is 0. The van der Waals surface area contributed by atoms with Gasteiger partial charge in [-0.1, -0.05) is 147 Å². The molecular formula is C49H32. The molecule has 11 rings (SSSR count). The summed E-state index contributed by atoms with van der Waals surface area (Å²) in [5, 5.41) is 15.9. The third-order valence-electron chi connectivity index (χ3n) is 11.5. The normalized spacial score (nSPS) is 13.7. The molecule has 0 atom stereocenters. The van der Waals surface area contributed by atoms with Crippen molar-refractivity contribution < 1.29 is 0 Å². The van der Waals surface area contributed by atoms with E-state index in [2.05, 4.69) is 172 Å². The minimum absolute atomic E-state index is 0.118. The molecular weight excluding hydrogens is 589 g/mol. The van der Waals surface area contributed by atoms with Gasteiger partial charge in [0.15, 0.2) is 0 Å². The Labute approximate surface area is 285 Å². The Kier molecular flexibility index (Phi) is 5.27. The largest absolute Gasteiger partial charge is 0.0616 e. The Morgan fingerprint density at radius 2 is 0.959 bits per heavy atom. The second-order valence-corrected chi connectivity index (χ2v) is 14.5. The van der Waals surface area contributed by atoms with Crippen LogP contribution in [0.2, 0.25) is 0 Å². The highest BCUT2D eigenvalue weighted by Gasteiger charge is 2.38. The van der Waals surface area contributed by atoms with Crippen molar-refractivity contribution in [3.63, 3.8) is 0 Å². The SMILES string of the molecule is CC1(C)c2cc3cc(-c4cccc(-c5ccc6ccc7cccc8ccc5c6c78)c4)ccc3cc2-c2c1c1ccccc1c1ccccc21. The topological polar surface area (TPSA) is 0 Å². The molecule has 0 fully saturated rings. The fourth-order valence-electron chi connectivity index (χ4n) is 9.26. The van der Waals surface area contributed by atoms with Crippen molar-refractivity contribution in [2.75, 3.05) is 0 Å². The van der Waals surface area contributed by atoms with Gasteiger partial charge >= 0.3 is 0 Å². The zero-order chi connectivity index (χ0) is 32.4. The molecule has 49 heavy (non-hydrogen) atoms. The zero-order valence-corrected chi connectivity index (χ0v) is 27.5. The molecule has 0 heterocycles. The summed E-state index contributed by atoms with van der Waals surface area (Å²) in [5.41, 5.74) is 10.5. The van der Waals surface area contributed by atoms with E-state index >= 15 is 0 Å². The fourth-order valence-corrected chi connectivity index (χ4v) is 9.26. The molecule has 0 nitrogen and oxygen atoms in total. The van der Waals surface area contributed by atoms with Crippen molar-refractivity contribution >= 4 is 64.6 Å². The van der Waals surface area contributed by atoms with Gasteiger partial charge in [0.25, 0.3) is 0 Å². The molecule has 0 N–H and O–H groups in total. The minimum Gasteiger partial charge on any atom is -0.0616 e. The lowest BCUT2D eigenvalue weighted by molar-refractivity contribution is 0.667. The Morgan fingerprint density at radius 1 is 0.347 bits per heavy atom. The number of hydrogen-bond donors (Lipinski definition) is 0. The summed E-state index contributed by atoms with van der Waals surface area (Å²) in [6.45, 7) is 4.82. The van der Waals surface area contributed by atoms with E-state index < -0.39 is 0 Å². The number of fused-ring (bicyclic) bond motifs is 9. The third-order valence-corrected chi connectivity index (χ3v) is 11.5. The molecule has 0 saturated carbocycles. The van der Waals surface area contributed by atoms with Crippen LogP contribution < -0.4 is 0 Å². The molecule has 0 radical (unpaired) electrons. The Hall–Kier alpha value is -5.98. The fraction of sp³-hybridized carbons (Fsp3) is 0.0612. The maximum atomic E-state index is 2.47. The lowest BCUT2D eigenvalue weighted by atomic mass is 9.79. The lowest BCUT2D eigenvalue weighted by Gasteiger charge is -2.24. The van der Waals surface area contributed by atoms with Gasteiger partial charge in [-0.25, -0.2) is 0 Å². The maximum Gasteiger partial charge on any atom is 0.0165 e. The van der Waals surface area contributed by atoms with Gasteiger partial charge in [0.1, 0.15) is 0 Å². The quantitative estimate of drug-likeness (QED) is 0.169. The van der Waals surface area contributed by atoms with Gasteiger partial charge in [-0.3, -0.25) is 0 Å². The van der Waals surface area contributed by atoms with Crippen molar-refractivity contribution in [2.45, 2.75) is 19.3 Å². The van der Waals surface area contributed by atoms with Crippen molar-refractivity contribution in [1.29, 1.82) is 0 Å². The van der Waals surface area contributed by atoms with Gasteiger partial charge in [-0.2, -0.15) is 0 Å². The van der Waals surface area contributed by atoms with Crippen molar-refractivity contribution in [3.8, 4) is 33.4 Å². The van der Waals surface area contributed by atoms with E-state index in [0.717, 1.165) is 0 Å². The van der Waals surface area contributed by atoms with E-state index in [1.54, 1.807) is 0 Å². The first-order chi connectivity index (χ1) is 24.0. The molecule has 10 aromatic carbocycles. The highest BCUT2D eigenvalue weighted by Crippen LogP contribution is 2.55. The zero-order valence-electron chi connectivity index (χ0n) is 27.5. The molecule has 10 aromatic rings. The van der Waals surface area contributed by atoms with E-state index in [1.165, 1.54) is 109 Å². The van der Waals surface area contributed by atoms with Crippen molar-refractivity contribution in [2.24, 2.45) is 0 Å². The van der Waals surface area contributed by atoms with Crippen LogP contribution in [0.4, 0.5) is 0 Å². The molecule has 0 spiro atoms. The Morgan fingerprint density at radius 3 is 1.78 bits per heavy atom. The van der Waals surface area contributed by atoms with E-state index in [4.69, 9.17) is 0 Å². The predicted octanol–water partition coefficient (Wildman–Crippen LogP) is 13.7. The van der Waals surface area contributed by atoms with Gasteiger partial charge in [0.2, 0.25) is 0 Å². The van der Waals surface area contributed by atoms with Crippen LogP contribution in [-0.4, -0.2) is 0 Å². The monoisotopic (exact) mass is 620 g/mol. The van der Waals surface area contributed by atoms with Crippen LogP contribution in [0.25, 0.3) is 98.0 Å².